The van der Waals surface area contributed by atoms with E-state index in [1.807, 2.05) is 30.3 Å². The highest BCUT2D eigenvalue weighted by Gasteiger charge is 2.12. The van der Waals surface area contributed by atoms with Gasteiger partial charge in [0.15, 0.2) is 11.5 Å². The summed E-state index contributed by atoms with van der Waals surface area (Å²) in [6.45, 7) is 1.23. The van der Waals surface area contributed by atoms with Crippen molar-refractivity contribution < 1.29 is 9.47 Å². The van der Waals surface area contributed by atoms with Gasteiger partial charge in [-0.25, -0.2) is 4.98 Å². The highest BCUT2D eigenvalue weighted by molar-refractivity contribution is 9.10. The molecule has 0 unspecified atom stereocenters. The van der Waals surface area contributed by atoms with Crippen molar-refractivity contribution in [3.63, 3.8) is 0 Å². The highest BCUT2D eigenvalue weighted by atomic mass is 79.9. The molecule has 1 aromatic heterocycles. The first-order chi connectivity index (χ1) is 8.81. The van der Waals surface area contributed by atoms with Crippen LogP contribution < -0.4 is 9.47 Å². The minimum absolute atomic E-state index is 0.609. The van der Waals surface area contributed by atoms with Crippen molar-refractivity contribution in [2.45, 2.75) is 9.92 Å². The molecule has 92 valence electrons. The van der Waals surface area contributed by atoms with E-state index in [9.17, 15) is 0 Å². The zero-order valence-electron chi connectivity index (χ0n) is 9.43. The fraction of sp³-hybridized carbons (Fsp3) is 0.154. The van der Waals surface area contributed by atoms with E-state index in [1.165, 1.54) is 0 Å². The molecule has 2 aromatic rings. The van der Waals surface area contributed by atoms with Crippen molar-refractivity contribution in [2.75, 3.05) is 13.2 Å². The van der Waals surface area contributed by atoms with Crippen LogP contribution in [0.25, 0.3) is 0 Å². The van der Waals surface area contributed by atoms with Crippen LogP contribution in [-0.4, -0.2) is 18.2 Å². The highest BCUT2D eigenvalue weighted by Crippen LogP contribution is 2.36. The molecule has 0 saturated heterocycles. The van der Waals surface area contributed by atoms with Crippen LogP contribution in [-0.2, 0) is 0 Å². The predicted molar refractivity (Wildman–Crippen MR) is 73.5 cm³/mol. The molecular formula is C13H10BrNO2S. The summed E-state index contributed by atoms with van der Waals surface area (Å²) in [5.41, 5.74) is 0. The summed E-state index contributed by atoms with van der Waals surface area (Å²) in [6, 6.07) is 9.90. The molecule has 0 spiro atoms. The van der Waals surface area contributed by atoms with E-state index in [0.29, 0.717) is 13.2 Å². The van der Waals surface area contributed by atoms with Gasteiger partial charge in [0.1, 0.15) is 18.2 Å². The largest absolute Gasteiger partial charge is 0.486 e. The van der Waals surface area contributed by atoms with Crippen LogP contribution in [0.3, 0.4) is 0 Å². The van der Waals surface area contributed by atoms with E-state index in [1.54, 1.807) is 18.0 Å². The molecule has 0 N–H and O–H groups in total. The lowest BCUT2D eigenvalue weighted by molar-refractivity contribution is 0.171. The van der Waals surface area contributed by atoms with Crippen molar-refractivity contribution in [2.24, 2.45) is 0 Å². The second kappa shape index (κ2) is 5.20. The number of benzene rings is 1. The Balaban J connectivity index is 1.82. The molecule has 1 aliphatic heterocycles. The Morgan fingerprint density at radius 1 is 1.06 bits per heavy atom. The van der Waals surface area contributed by atoms with Gasteiger partial charge in [-0.1, -0.05) is 11.8 Å². The quantitative estimate of drug-likeness (QED) is 0.842. The van der Waals surface area contributed by atoms with Gasteiger partial charge in [0, 0.05) is 15.6 Å². The third kappa shape index (κ3) is 2.62. The molecule has 0 bridgehead atoms. The second-order valence-corrected chi connectivity index (χ2v) is 5.73. The van der Waals surface area contributed by atoms with Gasteiger partial charge in [-0.3, -0.25) is 0 Å². The van der Waals surface area contributed by atoms with Crippen molar-refractivity contribution in [3.05, 3.63) is 41.0 Å². The van der Waals surface area contributed by atoms with Crippen LogP contribution in [0, 0.1) is 0 Å². The van der Waals surface area contributed by atoms with Crippen molar-refractivity contribution in [3.8, 4) is 11.5 Å². The Kier molecular flexibility index (Phi) is 3.43. The standard InChI is InChI=1S/C13H10BrNO2S/c14-9-1-4-13(15-8-9)18-10-2-3-11-12(7-10)17-6-5-16-11/h1-4,7-8H,5-6H2. The summed E-state index contributed by atoms with van der Waals surface area (Å²) in [5, 5.41) is 0.954. The molecule has 2 heterocycles. The average Bonchev–Trinajstić information content (AvgIpc) is 2.41. The lowest BCUT2D eigenvalue weighted by Gasteiger charge is -2.18. The minimum atomic E-state index is 0.609. The number of aromatic nitrogens is 1. The third-order valence-corrected chi connectivity index (χ3v) is 3.85. The van der Waals surface area contributed by atoms with Crippen LogP contribution in [0.5, 0.6) is 11.5 Å². The molecule has 0 aliphatic carbocycles. The fourth-order valence-corrected chi connectivity index (χ4v) is 2.65. The predicted octanol–water partition coefficient (Wildman–Crippen LogP) is 3.77. The molecule has 0 fully saturated rings. The van der Waals surface area contributed by atoms with Gasteiger partial charge in [-0.05, 0) is 46.3 Å². The number of fused-ring (bicyclic) bond motifs is 1. The maximum atomic E-state index is 5.55. The first-order valence-corrected chi connectivity index (χ1v) is 7.11. The Hall–Kier alpha value is -1.20. The maximum Gasteiger partial charge on any atom is 0.162 e. The average molecular weight is 324 g/mol. The zero-order chi connectivity index (χ0) is 12.4. The van der Waals surface area contributed by atoms with E-state index < -0.39 is 0 Å². The van der Waals surface area contributed by atoms with Crippen LogP contribution in [0.1, 0.15) is 0 Å². The van der Waals surface area contributed by atoms with Crippen LogP contribution >= 0.6 is 27.7 Å². The molecule has 1 aromatic carbocycles. The van der Waals surface area contributed by atoms with Gasteiger partial charge < -0.3 is 9.47 Å². The van der Waals surface area contributed by atoms with Gasteiger partial charge >= 0.3 is 0 Å². The van der Waals surface area contributed by atoms with Crippen LogP contribution in [0.4, 0.5) is 0 Å². The molecule has 3 rings (SSSR count). The van der Waals surface area contributed by atoms with Crippen molar-refractivity contribution >= 4 is 27.7 Å². The first kappa shape index (κ1) is 11.9. The number of pyridine rings is 1. The molecule has 0 radical (unpaired) electrons. The molecule has 1 aliphatic rings. The van der Waals surface area contributed by atoms with Gasteiger partial charge in [-0.2, -0.15) is 0 Å². The number of halogens is 1. The zero-order valence-corrected chi connectivity index (χ0v) is 11.8. The normalized spacial score (nSPS) is 13.4. The number of rotatable bonds is 2. The minimum Gasteiger partial charge on any atom is -0.486 e. The number of nitrogens with zero attached hydrogens (tertiary/aromatic N) is 1. The summed E-state index contributed by atoms with van der Waals surface area (Å²) in [5.74, 6) is 1.62. The molecule has 0 amide bonds. The summed E-state index contributed by atoms with van der Waals surface area (Å²) in [7, 11) is 0. The van der Waals surface area contributed by atoms with E-state index in [2.05, 4.69) is 20.9 Å². The monoisotopic (exact) mass is 323 g/mol. The van der Waals surface area contributed by atoms with Crippen molar-refractivity contribution in [1.29, 1.82) is 0 Å². The Labute approximate surface area is 118 Å². The summed E-state index contributed by atoms with van der Waals surface area (Å²) in [4.78, 5) is 5.42. The Bertz CT molecular complexity index is 559. The fourth-order valence-electron chi connectivity index (χ4n) is 1.63. The summed E-state index contributed by atoms with van der Waals surface area (Å²) >= 11 is 4.97. The SMILES string of the molecule is Brc1ccc(Sc2ccc3c(c2)OCCO3)nc1. The first-order valence-electron chi connectivity index (χ1n) is 5.50. The van der Waals surface area contributed by atoms with Gasteiger partial charge in [0.2, 0.25) is 0 Å². The molecule has 18 heavy (non-hydrogen) atoms. The van der Waals surface area contributed by atoms with Gasteiger partial charge in [0.05, 0.1) is 0 Å². The second-order valence-electron chi connectivity index (χ2n) is 3.72. The lowest BCUT2D eigenvalue weighted by atomic mass is 10.3. The number of ether oxygens (including phenoxy) is 2. The topological polar surface area (TPSA) is 31.4 Å². The van der Waals surface area contributed by atoms with Crippen LogP contribution in [0.15, 0.2) is 50.9 Å². The van der Waals surface area contributed by atoms with Crippen molar-refractivity contribution in [1.82, 2.24) is 4.98 Å². The summed E-state index contributed by atoms with van der Waals surface area (Å²) < 4.78 is 12.0. The van der Waals surface area contributed by atoms with E-state index in [0.717, 1.165) is 25.9 Å². The van der Waals surface area contributed by atoms with Gasteiger partial charge in [0.25, 0.3) is 0 Å². The molecule has 3 nitrogen and oxygen atoms in total. The van der Waals surface area contributed by atoms with E-state index in [4.69, 9.17) is 9.47 Å². The maximum absolute atomic E-state index is 5.55. The Morgan fingerprint density at radius 2 is 1.89 bits per heavy atom. The van der Waals surface area contributed by atoms with Gasteiger partial charge in [-0.15, -0.1) is 0 Å². The molecule has 5 heteroatoms. The molecular weight excluding hydrogens is 314 g/mol. The lowest BCUT2D eigenvalue weighted by Crippen LogP contribution is -2.15. The molecule has 0 saturated carbocycles. The van der Waals surface area contributed by atoms with Crippen LogP contribution in [0.2, 0.25) is 0 Å². The smallest absolute Gasteiger partial charge is 0.162 e. The number of hydrogen-bond acceptors (Lipinski definition) is 4. The third-order valence-electron chi connectivity index (χ3n) is 2.44. The van der Waals surface area contributed by atoms with E-state index >= 15 is 0 Å². The molecule has 0 atom stereocenters. The van der Waals surface area contributed by atoms with E-state index in [-0.39, 0.29) is 0 Å². The summed E-state index contributed by atoms with van der Waals surface area (Å²) in [6.07, 6.45) is 1.79. The Morgan fingerprint density at radius 3 is 2.67 bits per heavy atom. The number of hydrogen-bond donors (Lipinski definition) is 0.